The Hall–Kier alpha value is -2.70. The van der Waals surface area contributed by atoms with Crippen LogP contribution in [0.25, 0.3) is 5.69 Å². The van der Waals surface area contributed by atoms with Crippen LogP contribution in [-0.2, 0) is 11.3 Å². The van der Waals surface area contributed by atoms with Crippen molar-refractivity contribution in [3.05, 3.63) is 81.1 Å². The van der Waals surface area contributed by atoms with Crippen molar-refractivity contribution in [2.45, 2.75) is 13.5 Å². The molecule has 142 valence electrons. The Labute approximate surface area is 170 Å². The maximum absolute atomic E-state index is 14.5. The maximum Gasteiger partial charge on any atom is 0.358 e. The second kappa shape index (κ2) is 7.37. The van der Waals surface area contributed by atoms with Crippen LogP contribution in [-0.4, -0.2) is 27.8 Å². The van der Waals surface area contributed by atoms with Crippen molar-refractivity contribution >= 4 is 34.9 Å². The molecule has 0 unspecified atom stereocenters. The fourth-order valence-electron chi connectivity index (χ4n) is 3.11. The molecule has 0 fully saturated rings. The van der Waals surface area contributed by atoms with Gasteiger partial charge in [0.1, 0.15) is 11.6 Å². The number of benzene rings is 2. The number of carbonyl (C=O) groups excluding carboxylic acids is 1. The molecule has 0 aliphatic carbocycles. The van der Waals surface area contributed by atoms with Gasteiger partial charge < -0.3 is 9.30 Å². The smallest absolute Gasteiger partial charge is 0.358 e. The summed E-state index contributed by atoms with van der Waals surface area (Å²) in [5.74, 6) is -0.438. The number of rotatable bonds is 3. The third kappa shape index (κ3) is 3.08. The molecule has 0 atom stereocenters. The Kier molecular flexibility index (Phi) is 4.91. The first-order chi connectivity index (χ1) is 13.5. The molecule has 4 rings (SSSR count). The van der Waals surface area contributed by atoms with Crippen molar-refractivity contribution in [2.24, 2.45) is 4.99 Å². The number of aromatic nitrogens is 2. The molecule has 1 aromatic heterocycles. The molecule has 3 aromatic rings. The van der Waals surface area contributed by atoms with E-state index in [-0.39, 0.29) is 23.9 Å². The summed E-state index contributed by atoms with van der Waals surface area (Å²) < 4.78 is 21.2. The fraction of sp³-hybridized carbons (Fsp3) is 0.150. The predicted octanol–water partition coefficient (Wildman–Crippen LogP) is 4.85. The number of nitrogens with zero attached hydrogens (tertiary/aromatic N) is 3. The van der Waals surface area contributed by atoms with Crippen molar-refractivity contribution in [1.29, 1.82) is 0 Å². The molecule has 0 amide bonds. The van der Waals surface area contributed by atoms with Gasteiger partial charge in [-0.3, -0.25) is 4.99 Å². The lowest BCUT2D eigenvalue weighted by molar-refractivity contribution is 0.0520. The lowest BCUT2D eigenvalue weighted by Gasteiger charge is -2.15. The summed E-state index contributed by atoms with van der Waals surface area (Å²) in [7, 11) is 0. The van der Waals surface area contributed by atoms with Crippen molar-refractivity contribution < 1.29 is 13.9 Å². The Morgan fingerprint density at radius 2 is 2.04 bits per heavy atom. The number of ether oxygens (including phenoxy) is 1. The minimum absolute atomic E-state index is 0.131. The van der Waals surface area contributed by atoms with E-state index in [4.69, 9.17) is 27.9 Å². The van der Waals surface area contributed by atoms with Gasteiger partial charge in [0, 0.05) is 17.3 Å². The minimum Gasteiger partial charge on any atom is -0.461 e. The zero-order valence-corrected chi connectivity index (χ0v) is 16.3. The molecule has 2 aromatic carbocycles. The van der Waals surface area contributed by atoms with Crippen molar-refractivity contribution in [1.82, 2.24) is 9.55 Å². The molecular weight excluding hydrogens is 404 g/mol. The van der Waals surface area contributed by atoms with Gasteiger partial charge in [-0.25, -0.2) is 14.2 Å². The van der Waals surface area contributed by atoms with Gasteiger partial charge in [-0.15, -0.1) is 0 Å². The van der Waals surface area contributed by atoms with Crippen LogP contribution in [0.4, 0.5) is 4.39 Å². The molecule has 0 spiro atoms. The molecule has 28 heavy (non-hydrogen) atoms. The normalized spacial score (nSPS) is 12.6. The number of esters is 1. The first-order valence-corrected chi connectivity index (χ1v) is 9.30. The van der Waals surface area contributed by atoms with E-state index in [1.165, 1.54) is 6.07 Å². The van der Waals surface area contributed by atoms with Crippen LogP contribution in [0.5, 0.6) is 0 Å². The van der Waals surface area contributed by atoms with E-state index in [2.05, 4.69) is 9.98 Å². The average Bonchev–Trinajstić information content (AvgIpc) is 3.04. The van der Waals surface area contributed by atoms with Crippen LogP contribution in [0.15, 0.2) is 47.6 Å². The van der Waals surface area contributed by atoms with Crippen LogP contribution in [0, 0.1) is 5.82 Å². The van der Waals surface area contributed by atoms with E-state index in [9.17, 15) is 9.18 Å². The molecule has 8 heteroatoms. The number of hydrogen-bond donors (Lipinski definition) is 0. The van der Waals surface area contributed by atoms with Gasteiger partial charge in [0.2, 0.25) is 0 Å². The van der Waals surface area contributed by atoms with Gasteiger partial charge in [-0.1, -0.05) is 35.3 Å². The first kappa shape index (κ1) is 18.7. The van der Waals surface area contributed by atoms with Gasteiger partial charge in [-0.05, 0) is 31.2 Å². The third-order valence-electron chi connectivity index (χ3n) is 4.34. The lowest BCUT2D eigenvalue weighted by atomic mass is 10.00. The fourth-order valence-corrected chi connectivity index (χ4v) is 3.52. The number of halogens is 3. The molecule has 1 aliphatic rings. The van der Waals surface area contributed by atoms with E-state index in [0.29, 0.717) is 33.4 Å². The highest BCUT2D eigenvalue weighted by molar-refractivity contribution is 6.45. The van der Waals surface area contributed by atoms with Crippen molar-refractivity contribution in [3.63, 3.8) is 0 Å². The van der Waals surface area contributed by atoms with Gasteiger partial charge in [-0.2, -0.15) is 0 Å². The van der Waals surface area contributed by atoms with Crippen LogP contribution in [0.3, 0.4) is 0 Å². The number of carbonyl (C=O) groups is 1. The minimum atomic E-state index is -0.525. The maximum atomic E-state index is 14.5. The van der Waals surface area contributed by atoms with Gasteiger partial charge in [0.05, 0.1) is 34.6 Å². The second-order valence-electron chi connectivity index (χ2n) is 6.03. The Bertz CT molecular complexity index is 1120. The quantitative estimate of drug-likeness (QED) is 0.572. The van der Waals surface area contributed by atoms with Crippen LogP contribution < -0.4 is 0 Å². The van der Waals surface area contributed by atoms with Crippen LogP contribution in [0.1, 0.15) is 34.4 Å². The van der Waals surface area contributed by atoms with Crippen LogP contribution >= 0.6 is 23.2 Å². The molecule has 0 bridgehead atoms. The zero-order chi connectivity index (χ0) is 19.8. The Morgan fingerprint density at radius 1 is 1.25 bits per heavy atom. The van der Waals surface area contributed by atoms with E-state index in [1.807, 2.05) is 0 Å². The molecule has 2 heterocycles. The molecule has 1 aliphatic heterocycles. The first-order valence-electron chi connectivity index (χ1n) is 8.54. The number of fused-ring (bicyclic) bond motifs is 3. The Morgan fingerprint density at radius 3 is 2.79 bits per heavy atom. The highest BCUT2D eigenvalue weighted by Gasteiger charge is 2.26. The summed E-state index contributed by atoms with van der Waals surface area (Å²) in [6, 6.07) is 9.70. The van der Waals surface area contributed by atoms with E-state index in [0.717, 1.165) is 0 Å². The van der Waals surface area contributed by atoms with E-state index < -0.39 is 11.8 Å². The highest BCUT2D eigenvalue weighted by Crippen LogP contribution is 2.35. The number of hydrogen-bond acceptors (Lipinski definition) is 4. The molecule has 0 radical (unpaired) electrons. The van der Waals surface area contributed by atoms with Gasteiger partial charge in [0.15, 0.2) is 5.69 Å². The third-order valence-corrected chi connectivity index (χ3v) is 5.14. The summed E-state index contributed by atoms with van der Waals surface area (Å²) in [5, 5.41) is 0.569. The summed E-state index contributed by atoms with van der Waals surface area (Å²) >= 11 is 12.7. The summed E-state index contributed by atoms with van der Waals surface area (Å²) in [6.07, 6.45) is 1.57. The zero-order valence-electron chi connectivity index (χ0n) is 14.7. The molecule has 0 N–H and O–H groups in total. The van der Waals surface area contributed by atoms with Crippen molar-refractivity contribution in [2.75, 3.05) is 6.61 Å². The monoisotopic (exact) mass is 417 g/mol. The van der Waals surface area contributed by atoms with E-state index >= 15 is 0 Å². The number of aliphatic imine (C=N–C) groups is 1. The average molecular weight is 418 g/mol. The topological polar surface area (TPSA) is 56.5 Å². The van der Waals surface area contributed by atoms with Crippen molar-refractivity contribution in [3.8, 4) is 5.69 Å². The predicted molar refractivity (Wildman–Crippen MR) is 105 cm³/mol. The highest BCUT2D eigenvalue weighted by atomic mass is 35.5. The second-order valence-corrected chi connectivity index (χ2v) is 6.82. The molecular formula is C20H14Cl2FN3O2. The van der Waals surface area contributed by atoms with E-state index in [1.54, 1.807) is 48.0 Å². The standard InChI is InChI=1S/C20H14Cl2FN3O2/c1-2-28-20(27)14-10-26-15-8-7-12(21)18(22)17(15)19(24-9-16(26)25-14)11-5-3-4-6-13(11)23/h3-8,10H,2,9H2,1H3. The number of imidazole rings is 1. The molecule has 0 saturated heterocycles. The van der Waals surface area contributed by atoms with Gasteiger partial charge in [0.25, 0.3) is 0 Å². The van der Waals surface area contributed by atoms with Gasteiger partial charge >= 0.3 is 5.97 Å². The SMILES string of the molecule is CCOC(=O)c1cn2c(n1)CN=C(c1ccccc1F)c1c-2ccc(Cl)c1Cl. The molecule has 5 nitrogen and oxygen atoms in total. The summed E-state index contributed by atoms with van der Waals surface area (Å²) in [5.41, 5.74) is 1.93. The Balaban J connectivity index is 1.95. The molecule has 0 saturated carbocycles. The summed E-state index contributed by atoms with van der Waals surface area (Å²) in [6.45, 7) is 2.10. The largest absolute Gasteiger partial charge is 0.461 e. The lowest BCUT2D eigenvalue weighted by Crippen LogP contribution is -2.10. The van der Waals surface area contributed by atoms with Crippen LogP contribution in [0.2, 0.25) is 10.0 Å². The summed E-state index contributed by atoms with van der Waals surface area (Å²) in [4.78, 5) is 21.0.